The van der Waals surface area contributed by atoms with Gasteiger partial charge in [-0.2, -0.15) is 5.10 Å². The fraction of sp³-hybridized carbons (Fsp3) is 0.375. The lowest BCUT2D eigenvalue weighted by atomic mass is 9.93. The second kappa shape index (κ2) is 10.2. The van der Waals surface area contributed by atoms with Crippen molar-refractivity contribution in [2.24, 2.45) is 5.41 Å². The summed E-state index contributed by atoms with van der Waals surface area (Å²) in [6.07, 6.45) is 0.989. The summed E-state index contributed by atoms with van der Waals surface area (Å²) in [5.74, 6) is 1.93. The number of aryl methyl sites for hydroxylation is 1. The van der Waals surface area contributed by atoms with E-state index in [9.17, 15) is 9.59 Å². The van der Waals surface area contributed by atoms with Crippen LogP contribution in [0.5, 0.6) is 11.5 Å². The number of ether oxygens (including phenoxy) is 2. The van der Waals surface area contributed by atoms with Gasteiger partial charge in [0, 0.05) is 24.9 Å². The molecule has 0 radical (unpaired) electrons. The molecule has 0 saturated carbocycles. The minimum absolute atomic E-state index is 0.0134. The van der Waals surface area contributed by atoms with Crippen LogP contribution < -0.4 is 25.7 Å². The maximum atomic E-state index is 12.4. The Morgan fingerprint density at radius 2 is 1.75 bits per heavy atom. The van der Waals surface area contributed by atoms with Crippen molar-refractivity contribution in [3.05, 3.63) is 58.4 Å². The third-order valence-electron chi connectivity index (χ3n) is 5.28. The fourth-order valence-corrected chi connectivity index (χ4v) is 3.36. The molecule has 3 rings (SSSR count). The minimum atomic E-state index is -0.224. The first-order chi connectivity index (χ1) is 15.3. The number of hydrogen-bond donors (Lipinski definition) is 3. The van der Waals surface area contributed by atoms with Crippen molar-refractivity contribution in [3.63, 3.8) is 0 Å². The van der Waals surface area contributed by atoms with Crippen molar-refractivity contribution in [1.29, 1.82) is 0 Å². The molecule has 1 amide bonds. The number of hydrogen-bond acceptors (Lipinski definition) is 6. The van der Waals surface area contributed by atoms with Gasteiger partial charge in [0.15, 0.2) is 17.3 Å². The summed E-state index contributed by atoms with van der Waals surface area (Å²) in [5, 5.41) is 14.3. The molecule has 170 valence electrons. The Bertz CT molecular complexity index is 1140. The smallest absolute Gasteiger partial charge is 0.272 e. The zero-order valence-corrected chi connectivity index (χ0v) is 19.0. The molecule has 1 aromatic heterocycles. The fourth-order valence-electron chi connectivity index (χ4n) is 3.36. The van der Waals surface area contributed by atoms with Gasteiger partial charge in [-0.15, -0.1) is 0 Å². The first-order valence-electron chi connectivity index (χ1n) is 10.5. The molecule has 0 aliphatic carbocycles. The average molecular weight is 439 g/mol. The van der Waals surface area contributed by atoms with Crippen molar-refractivity contribution in [1.82, 2.24) is 15.5 Å². The molecule has 0 bridgehead atoms. The van der Waals surface area contributed by atoms with E-state index in [-0.39, 0.29) is 16.9 Å². The number of carbonyl (C=O) groups is 1. The van der Waals surface area contributed by atoms with Crippen LogP contribution in [0.4, 0.5) is 5.82 Å². The van der Waals surface area contributed by atoms with E-state index in [2.05, 4.69) is 34.7 Å². The van der Waals surface area contributed by atoms with Gasteiger partial charge in [0.05, 0.1) is 19.6 Å². The number of benzene rings is 2. The summed E-state index contributed by atoms with van der Waals surface area (Å²) in [6.45, 7) is 5.20. The minimum Gasteiger partial charge on any atom is -0.493 e. The number of aromatic nitrogens is 2. The number of methoxy groups -OCH3 is 2. The summed E-state index contributed by atoms with van der Waals surface area (Å²) in [5.41, 5.74) is 0.569. The Kier molecular flexibility index (Phi) is 7.35. The molecule has 8 nitrogen and oxygen atoms in total. The van der Waals surface area contributed by atoms with Crippen molar-refractivity contribution in [3.8, 4) is 11.5 Å². The van der Waals surface area contributed by atoms with E-state index in [4.69, 9.17) is 9.47 Å². The lowest BCUT2D eigenvalue weighted by Gasteiger charge is -2.26. The molecular formula is C24H30N4O4. The monoisotopic (exact) mass is 438 g/mol. The van der Waals surface area contributed by atoms with Gasteiger partial charge in [0.25, 0.3) is 5.56 Å². The molecule has 0 atom stereocenters. The highest BCUT2D eigenvalue weighted by Crippen LogP contribution is 2.28. The highest BCUT2D eigenvalue weighted by atomic mass is 16.5. The van der Waals surface area contributed by atoms with E-state index in [0.717, 1.165) is 10.9 Å². The molecule has 1 heterocycles. The zero-order chi connectivity index (χ0) is 23.1. The van der Waals surface area contributed by atoms with Crippen molar-refractivity contribution >= 4 is 22.5 Å². The van der Waals surface area contributed by atoms with Gasteiger partial charge in [0.2, 0.25) is 5.91 Å². The number of nitrogens with one attached hydrogen (secondary N) is 3. The van der Waals surface area contributed by atoms with Gasteiger partial charge in [0.1, 0.15) is 0 Å². The SMILES string of the molecule is COc1ccc(CCC(=O)NCC(C)(C)CNc2n[nH]c(=O)c3ccccc23)cc1OC. The molecule has 3 aromatic rings. The van der Waals surface area contributed by atoms with Crippen LogP contribution in [0.15, 0.2) is 47.3 Å². The molecule has 0 fully saturated rings. The van der Waals surface area contributed by atoms with E-state index >= 15 is 0 Å². The first kappa shape index (κ1) is 23.1. The first-order valence-corrected chi connectivity index (χ1v) is 10.5. The largest absolute Gasteiger partial charge is 0.493 e. The molecule has 2 aromatic carbocycles. The van der Waals surface area contributed by atoms with Crippen LogP contribution in [0.25, 0.3) is 10.8 Å². The van der Waals surface area contributed by atoms with Gasteiger partial charge >= 0.3 is 0 Å². The Labute approximate surface area is 187 Å². The number of nitrogens with zero attached hydrogens (tertiary/aromatic N) is 1. The molecule has 0 aliphatic rings. The Morgan fingerprint density at radius 3 is 2.47 bits per heavy atom. The molecule has 8 heteroatoms. The number of fused-ring (bicyclic) bond motifs is 1. The Balaban J connectivity index is 1.51. The van der Waals surface area contributed by atoms with Crippen LogP contribution in [-0.2, 0) is 11.2 Å². The molecular weight excluding hydrogens is 408 g/mol. The van der Waals surface area contributed by atoms with E-state index in [1.54, 1.807) is 20.3 Å². The van der Waals surface area contributed by atoms with E-state index in [1.165, 1.54) is 0 Å². The normalized spacial score (nSPS) is 11.2. The number of aromatic amines is 1. The molecule has 0 aliphatic heterocycles. The summed E-state index contributed by atoms with van der Waals surface area (Å²) in [6, 6.07) is 13.0. The van der Waals surface area contributed by atoms with Crippen molar-refractivity contribution < 1.29 is 14.3 Å². The average Bonchev–Trinajstić information content (AvgIpc) is 2.81. The van der Waals surface area contributed by atoms with Crippen LogP contribution in [0.1, 0.15) is 25.8 Å². The number of anilines is 1. The quantitative estimate of drug-likeness (QED) is 0.449. The highest BCUT2D eigenvalue weighted by molar-refractivity contribution is 5.90. The third-order valence-corrected chi connectivity index (χ3v) is 5.28. The van der Waals surface area contributed by atoms with E-state index < -0.39 is 0 Å². The van der Waals surface area contributed by atoms with Gasteiger partial charge in [-0.25, -0.2) is 5.10 Å². The molecule has 32 heavy (non-hydrogen) atoms. The molecule has 0 spiro atoms. The highest BCUT2D eigenvalue weighted by Gasteiger charge is 2.20. The number of amides is 1. The Hall–Kier alpha value is -3.55. The van der Waals surface area contributed by atoms with Gasteiger partial charge in [-0.1, -0.05) is 38.1 Å². The zero-order valence-electron chi connectivity index (χ0n) is 19.0. The molecule has 0 saturated heterocycles. The van der Waals surface area contributed by atoms with Gasteiger partial charge in [-0.05, 0) is 35.6 Å². The number of carbonyl (C=O) groups excluding carboxylic acids is 1. The van der Waals surface area contributed by atoms with Crippen molar-refractivity contribution in [2.45, 2.75) is 26.7 Å². The second-order valence-electron chi connectivity index (χ2n) is 8.43. The van der Waals surface area contributed by atoms with E-state index in [1.807, 2.05) is 36.4 Å². The maximum absolute atomic E-state index is 12.4. The van der Waals surface area contributed by atoms with E-state index in [0.29, 0.717) is 48.6 Å². The predicted octanol–water partition coefficient (Wildman–Crippen LogP) is 3.13. The van der Waals surface area contributed by atoms with Crippen LogP contribution in [0.3, 0.4) is 0 Å². The predicted molar refractivity (Wildman–Crippen MR) is 126 cm³/mol. The molecule has 0 unspecified atom stereocenters. The maximum Gasteiger partial charge on any atom is 0.272 e. The van der Waals surface area contributed by atoms with Crippen LogP contribution in [0, 0.1) is 5.41 Å². The lowest BCUT2D eigenvalue weighted by Crippen LogP contribution is -2.38. The number of rotatable bonds is 10. The standard InChI is InChI=1S/C24H30N4O4/c1-24(2,15-26-22-17-7-5-6-8-18(17)23(30)28-27-22)14-25-21(29)12-10-16-9-11-19(31-3)20(13-16)32-4/h5-9,11,13H,10,12,14-15H2,1-4H3,(H,25,29)(H,26,27)(H,28,30). The second-order valence-corrected chi connectivity index (χ2v) is 8.43. The summed E-state index contributed by atoms with van der Waals surface area (Å²) < 4.78 is 10.6. The Morgan fingerprint density at radius 1 is 1.03 bits per heavy atom. The van der Waals surface area contributed by atoms with Crippen LogP contribution in [-0.4, -0.2) is 43.4 Å². The van der Waals surface area contributed by atoms with Gasteiger partial charge in [-0.3, -0.25) is 9.59 Å². The lowest BCUT2D eigenvalue weighted by molar-refractivity contribution is -0.121. The third kappa shape index (κ3) is 5.78. The van der Waals surface area contributed by atoms with Crippen molar-refractivity contribution in [2.75, 3.05) is 32.6 Å². The topological polar surface area (TPSA) is 105 Å². The summed E-state index contributed by atoms with van der Waals surface area (Å²) in [7, 11) is 3.19. The summed E-state index contributed by atoms with van der Waals surface area (Å²) in [4.78, 5) is 24.3. The van der Waals surface area contributed by atoms with Gasteiger partial charge < -0.3 is 20.1 Å². The van der Waals surface area contributed by atoms with Crippen LogP contribution >= 0.6 is 0 Å². The molecule has 3 N–H and O–H groups in total. The summed E-state index contributed by atoms with van der Waals surface area (Å²) >= 11 is 0. The number of H-pyrrole nitrogens is 1. The van der Waals surface area contributed by atoms with Crippen LogP contribution in [0.2, 0.25) is 0 Å².